The van der Waals surface area contributed by atoms with Gasteiger partial charge in [0, 0.05) is 6.92 Å². The van der Waals surface area contributed by atoms with E-state index in [1.165, 1.54) is 39.0 Å². The molecule has 0 spiro atoms. The summed E-state index contributed by atoms with van der Waals surface area (Å²) in [6.45, 7) is 3.14. The Kier molecular flexibility index (Phi) is 3.06. The van der Waals surface area contributed by atoms with E-state index in [2.05, 4.69) is 6.92 Å². The predicted molar refractivity (Wildman–Crippen MR) is 68.2 cm³/mol. The van der Waals surface area contributed by atoms with Crippen LogP contribution in [0.1, 0.15) is 46.0 Å². The third kappa shape index (κ3) is 2.26. The van der Waals surface area contributed by atoms with Crippen molar-refractivity contribution in [3.8, 4) is 0 Å². The molecule has 4 bridgehead atoms. The predicted octanol–water partition coefficient (Wildman–Crippen LogP) is 2.31. The summed E-state index contributed by atoms with van der Waals surface area (Å²) in [6.07, 6.45) is 6.17. The van der Waals surface area contributed by atoms with Crippen LogP contribution in [0.25, 0.3) is 0 Å². The molecule has 106 valence electrons. The van der Waals surface area contributed by atoms with Crippen molar-refractivity contribution in [1.29, 1.82) is 0 Å². The van der Waals surface area contributed by atoms with Crippen molar-refractivity contribution in [3.63, 3.8) is 0 Å². The first-order chi connectivity index (χ1) is 8.97. The van der Waals surface area contributed by atoms with Crippen LogP contribution in [0.2, 0.25) is 0 Å². The van der Waals surface area contributed by atoms with Crippen molar-refractivity contribution < 1.29 is 19.1 Å². The summed E-state index contributed by atoms with van der Waals surface area (Å²) in [5, 5.41) is 0. The average molecular weight is 266 g/mol. The minimum Gasteiger partial charge on any atom is -0.456 e. The number of rotatable bonds is 3. The molecule has 0 unspecified atom stereocenters. The number of carbonyl (C=O) groups excluding carboxylic acids is 2. The molecule has 0 aromatic rings. The van der Waals surface area contributed by atoms with Gasteiger partial charge in [0.1, 0.15) is 5.60 Å². The Morgan fingerprint density at radius 3 is 2.05 bits per heavy atom. The monoisotopic (exact) mass is 266 g/mol. The van der Waals surface area contributed by atoms with Crippen LogP contribution in [-0.4, -0.2) is 24.1 Å². The van der Waals surface area contributed by atoms with Gasteiger partial charge in [-0.3, -0.25) is 4.79 Å². The Hall–Kier alpha value is -1.06. The third-order valence-corrected chi connectivity index (χ3v) is 5.49. The zero-order valence-electron chi connectivity index (χ0n) is 11.7. The van der Waals surface area contributed by atoms with Gasteiger partial charge in [0.15, 0.2) is 6.61 Å². The topological polar surface area (TPSA) is 52.6 Å². The highest BCUT2D eigenvalue weighted by Gasteiger charge is 2.57. The molecule has 0 aliphatic heterocycles. The van der Waals surface area contributed by atoms with Crippen molar-refractivity contribution in [1.82, 2.24) is 0 Å². The molecular weight excluding hydrogens is 244 g/mol. The molecule has 4 nitrogen and oxygen atoms in total. The summed E-state index contributed by atoms with van der Waals surface area (Å²) in [5.41, 5.74) is -0.329. The molecule has 0 aromatic carbocycles. The van der Waals surface area contributed by atoms with Gasteiger partial charge in [-0.15, -0.1) is 0 Å². The standard InChI is InChI=1S/C15H22O4/c1-9(16)18-8-14(17)19-15(2)12-4-10-3-11(6-12)7-13(15)5-10/h10-13H,3-8H2,1-2H3. The van der Waals surface area contributed by atoms with E-state index in [1.54, 1.807) is 0 Å². The van der Waals surface area contributed by atoms with Crippen LogP contribution in [0.3, 0.4) is 0 Å². The maximum absolute atomic E-state index is 11.8. The highest BCUT2D eigenvalue weighted by molar-refractivity contribution is 5.75. The molecule has 4 aliphatic carbocycles. The van der Waals surface area contributed by atoms with E-state index in [0.717, 1.165) is 11.8 Å². The molecule has 4 rings (SSSR count). The van der Waals surface area contributed by atoms with Crippen LogP contribution >= 0.6 is 0 Å². The Bertz CT molecular complexity index is 373. The Morgan fingerprint density at radius 2 is 1.58 bits per heavy atom. The summed E-state index contributed by atoms with van der Waals surface area (Å²) >= 11 is 0. The van der Waals surface area contributed by atoms with Gasteiger partial charge in [-0.2, -0.15) is 0 Å². The van der Waals surface area contributed by atoms with Crippen LogP contribution in [0, 0.1) is 23.7 Å². The van der Waals surface area contributed by atoms with Crippen LogP contribution in [-0.2, 0) is 19.1 Å². The largest absolute Gasteiger partial charge is 0.456 e. The first-order valence-electron chi connectivity index (χ1n) is 7.32. The lowest BCUT2D eigenvalue weighted by molar-refractivity contribution is -0.207. The number of hydrogen-bond donors (Lipinski definition) is 0. The number of esters is 2. The third-order valence-electron chi connectivity index (χ3n) is 5.49. The number of hydrogen-bond acceptors (Lipinski definition) is 4. The van der Waals surface area contributed by atoms with E-state index in [-0.39, 0.29) is 12.2 Å². The highest BCUT2D eigenvalue weighted by Crippen LogP contribution is 2.59. The van der Waals surface area contributed by atoms with Gasteiger partial charge in [-0.05, 0) is 62.7 Å². The average Bonchev–Trinajstić information content (AvgIpc) is 2.33. The van der Waals surface area contributed by atoms with Crippen molar-refractivity contribution in [2.24, 2.45) is 23.7 Å². The second-order valence-electron chi connectivity index (χ2n) is 6.74. The summed E-state index contributed by atoms with van der Waals surface area (Å²) in [5.74, 6) is 1.87. The second kappa shape index (κ2) is 4.50. The lowest BCUT2D eigenvalue weighted by atomic mass is 9.50. The van der Waals surface area contributed by atoms with E-state index in [0.29, 0.717) is 11.8 Å². The van der Waals surface area contributed by atoms with Gasteiger partial charge in [0.05, 0.1) is 0 Å². The molecule has 4 saturated carbocycles. The van der Waals surface area contributed by atoms with E-state index in [9.17, 15) is 9.59 Å². The summed E-state index contributed by atoms with van der Waals surface area (Å²) < 4.78 is 10.5. The van der Waals surface area contributed by atoms with Crippen molar-refractivity contribution in [2.45, 2.75) is 51.6 Å². The molecule has 0 saturated heterocycles. The van der Waals surface area contributed by atoms with Gasteiger partial charge in [0.2, 0.25) is 0 Å². The van der Waals surface area contributed by atoms with E-state index in [1.807, 2.05) is 0 Å². The highest BCUT2D eigenvalue weighted by atomic mass is 16.6. The van der Waals surface area contributed by atoms with E-state index < -0.39 is 11.9 Å². The van der Waals surface area contributed by atoms with Gasteiger partial charge < -0.3 is 9.47 Å². The molecular formula is C15H22O4. The van der Waals surface area contributed by atoms with Gasteiger partial charge in [0.25, 0.3) is 0 Å². The molecule has 4 heteroatoms. The minimum atomic E-state index is -0.438. The smallest absolute Gasteiger partial charge is 0.344 e. The maximum Gasteiger partial charge on any atom is 0.344 e. The van der Waals surface area contributed by atoms with Crippen LogP contribution < -0.4 is 0 Å². The first-order valence-corrected chi connectivity index (χ1v) is 7.32. The van der Waals surface area contributed by atoms with Crippen LogP contribution in [0.15, 0.2) is 0 Å². The van der Waals surface area contributed by atoms with Crippen LogP contribution in [0.5, 0.6) is 0 Å². The fourth-order valence-corrected chi connectivity index (χ4v) is 4.72. The number of carbonyl (C=O) groups is 2. The van der Waals surface area contributed by atoms with E-state index >= 15 is 0 Å². The van der Waals surface area contributed by atoms with Crippen molar-refractivity contribution in [3.05, 3.63) is 0 Å². The fraction of sp³-hybridized carbons (Fsp3) is 0.867. The van der Waals surface area contributed by atoms with Crippen molar-refractivity contribution in [2.75, 3.05) is 6.61 Å². The minimum absolute atomic E-state index is 0.253. The molecule has 19 heavy (non-hydrogen) atoms. The summed E-state index contributed by atoms with van der Waals surface area (Å²) in [4.78, 5) is 22.6. The van der Waals surface area contributed by atoms with Crippen molar-refractivity contribution >= 4 is 11.9 Å². The fourth-order valence-electron chi connectivity index (χ4n) is 4.72. The molecule has 0 heterocycles. The molecule has 0 amide bonds. The summed E-state index contributed by atoms with van der Waals surface area (Å²) in [7, 11) is 0. The zero-order chi connectivity index (χ0) is 13.6. The first kappa shape index (κ1) is 12.9. The van der Waals surface area contributed by atoms with Gasteiger partial charge in [-0.25, -0.2) is 4.79 Å². The molecule has 0 atom stereocenters. The Labute approximate surface area is 113 Å². The van der Waals surface area contributed by atoms with Crippen LogP contribution in [0.4, 0.5) is 0 Å². The van der Waals surface area contributed by atoms with Gasteiger partial charge >= 0.3 is 11.9 Å². The quantitative estimate of drug-likeness (QED) is 0.736. The lowest BCUT2D eigenvalue weighted by Gasteiger charge is -2.59. The maximum atomic E-state index is 11.8. The molecule has 0 radical (unpaired) electrons. The Morgan fingerprint density at radius 1 is 1.05 bits per heavy atom. The normalized spacial score (nSPS) is 43.1. The SMILES string of the molecule is CC(=O)OCC(=O)OC1(C)C2CC3CC(C2)CC1C3. The lowest BCUT2D eigenvalue weighted by Crippen LogP contribution is -2.58. The second-order valence-corrected chi connectivity index (χ2v) is 6.74. The van der Waals surface area contributed by atoms with Gasteiger partial charge in [-0.1, -0.05) is 0 Å². The number of ether oxygens (including phenoxy) is 2. The summed E-state index contributed by atoms with van der Waals surface area (Å²) in [6, 6.07) is 0. The molecule has 0 aromatic heterocycles. The molecule has 4 aliphatic rings. The zero-order valence-corrected chi connectivity index (χ0v) is 11.7. The van der Waals surface area contributed by atoms with E-state index in [4.69, 9.17) is 9.47 Å². The molecule has 4 fully saturated rings. The molecule has 0 N–H and O–H groups in total. The Balaban J connectivity index is 1.66.